The Hall–Kier alpha value is -1.62. The lowest BCUT2D eigenvalue weighted by molar-refractivity contribution is 0.422. The van der Waals surface area contributed by atoms with Crippen LogP contribution in [0.1, 0.15) is 32.2 Å². The van der Waals surface area contributed by atoms with Crippen LogP contribution in [-0.2, 0) is 7.05 Å². The smallest absolute Gasteiger partial charge is 0.211 e. The zero-order valence-corrected chi connectivity index (χ0v) is 10.5. The van der Waals surface area contributed by atoms with Crippen LogP contribution in [0.3, 0.4) is 0 Å². The molecule has 1 N–H and O–H groups in total. The second-order valence-electron chi connectivity index (χ2n) is 4.13. The molecule has 0 spiro atoms. The number of rotatable bonds is 5. The maximum Gasteiger partial charge on any atom is 0.211 e. The Morgan fingerprint density at radius 3 is 2.94 bits per heavy atom. The standard InChI is InChI=1S/C12H18N4O/c1-4-5-14-9(2)12-15-7-11(17-12)10-6-13-8-16(10)3/h6-9,14H,4-5H2,1-3H3. The predicted molar refractivity (Wildman–Crippen MR) is 65.4 cm³/mol. The van der Waals surface area contributed by atoms with Crippen LogP contribution in [0.2, 0.25) is 0 Å². The van der Waals surface area contributed by atoms with Crippen molar-refractivity contribution in [3.05, 3.63) is 24.6 Å². The van der Waals surface area contributed by atoms with Gasteiger partial charge in [0.2, 0.25) is 5.89 Å². The Balaban J connectivity index is 2.13. The zero-order chi connectivity index (χ0) is 12.3. The molecule has 5 heteroatoms. The van der Waals surface area contributed by atoms with Crippen molar-refractivity contribution in [3.63, 3.8) is 0 Å². The van der Waals surface area contributed by atoms with Gasteiger partial charge in [-0.2, -0.15) is 0 Å². The number of hydrogen-bond acceptors (Lipinski definition) is 4. The lowest BCUT2D eigenvalue weighted by Crippen LogP contribution is -2.19. The summed E-state index contributed by atoms with van der Waals surface area (Å²) >= 11 is 0. The van der Waals surface area contributed by atoms with Gasteiger partial charge in [0.05, 0.1) is 24.8 Å². The maximum atomic E-state index is 5.73. The van der Waals surface area contributed by atoms with Gasteiger partial charge in [-0.25, -0.2) is 9.97 Å². The monoisotopic (exact) mass is 234 g/mol. The van der Waals surface area contributed by atoms with Crippen molar-refractivity contribution in [2.24, 2.45) is 7.05 Å². The molecule has 17 heavy (non-hydrogen) atoms. The summed E-state index contributed by atoms with van der Waals surface area (Å²) in [4.78, 5) is 8.36. The van der Waals surface area contributed by atoms with Crippen LogP contribution in [0, 0.1) is 0 Å². The Labute approximate surface area is 101 Å². The lowest BCUT2D eigenvalue weighted by atomic mass is 10.3. The fourth-order valence-electron chi connectivity index (χ4n) is 1.65. The highest BCUT2D eigenvalue weighted by Crippen LogP contribution is 2.21. The van der Waals surface area contributed by atoms with E-state index in [2.05, 4.69) is 29.1 Å². The van der Waals surface area contributed by atoms with Crippen molar-refractivity contribution in [3.8, 4) is 11.5 Å². The molecule has 2 rings (SSSR count). The number of oxazole rings is 1. The Bertz CT molecular complexity index is 474. The van der Waals surface area contributed by atoms with Gasteiger partial charge in [0, 0.05) is 7.05 Å². The van der Waals surface area contributed by atoms with Crippen LogP contribution in [0.15, 0.2) is 23.1 Å². The first kappa shape index (κ1) is 11.9. The molecule has 2 aromatic heterocycles. The van der Waals surface area contributed by atoms with E-state index >= 15 is 0 Å². The molecule has 0 saturated carbocycles. The van der Waals surface area contributed by atoms with Crippen molar-refractivity contribution in [1.82, 2.24) is 19.9 Å². The molecule has 0 aromatic carbocycles. The highest BCUT2D eigenvalue weighted by Gasteiger charge is 2.13. The number of aromatic nitrogens is 3. The van der Waals surface area contributed by atoms with E-state index in [-0.39, 0.29) is 6.04 Å². The van der Waals surface area contributed by atoms with E-state index in [0.717, 1.165) is 30.3 Å². The number of nitrogens with zero attached hydrogens (tertiary/aromatic N) is 3. The van der Waals surface area contributed by atoms with Gasteiger partial charge in [0.25, 0.3) is 0 Å². The quantitative estimate of drug-likeness (QED) is 0.861. The van der Waals surface area contributed by atoms with Crippen LogP contribution in [-0.4, -0.2) is 21.1 Å². The number of aryl methyl sites for hydroxylation is 1. The summed E-state index contributed by atoms with van der Waals surface area (Å²) < 4.78 is 7.64. The zero-order valence-electron chi connectivity index (χ0n) is 10.5. The molecular weight excluding hydrogens is 216 g/mol. The summed E-state index contributed by atoms with van der Waals surface area (Å²) in [6.07, 6.45) is 6.36. The van der Waals surface area contributed by atoms with E-state index in [0.29, 0.717) is 0 Å². The third-order valence-corrected chi connectivity index (χ3v) is 2.66. The third-order valence-electron chi connectivity index (χ3n) is 2.66. The number of hydrogen-bond donors (Lipinski definition) is 1. The molecule has 1 unspecified atom stereocenters. The van der Waals surface area contributed by atoms with Crippen LogP contribution < -0.4 is 5.32 Å². The first-order valence-electron chi connectivity index (χ1n) is 5.88. The van der Waals surface area contributed by atoms with Crippen molar-refractivity contribution in [2.45, 2.75) is 26.3 Å². The fourth-order valence-corrected chi connectivity index (χ4v) is 1.65. The normalized spacial score (nSPS) is 12.9. The Kier molecular flexibility index (Phi) is 3.58. The summed E-state index contributed by atoms with van der Waals surface area (Å²) in [6, 6.07) is 0.136. The second-order valence-corrected chi connectivity index (χ2v) is 4.13. The lowest BCUT2D eigenvalue weighted by Gasteiger charge is -2.08. The van der Waals surface area contributed by atoms with Crippen LogP contribution in [0.4, 0.5) is 0 Å². The molecule has 0 saturated heterocycles. The first-order valence-corrected chi connectivity index (χ1v) is 5.88. The summed E-state index contributed by atoms with van der Waals surface area (Å²) in [5.41, 5.74) is 0.937. The van der Waals surface area contributed by atoms with Gasteiger partial charge in [-0.3, -0.25) is 0 Å². The van der Waals surface area contributed by atoms with Crippen molar-refractivity contribution in [1.29, 1.82) is 0 Å². The highest BCUT2D eigenvalue weighted by molar-refractivity contribution is 5.49. The minimum absolute atomic E-state index is 0.136. The molecule has 0 bridgehead atoms. The van der Waals surface area contributed by atoms with E-state index in [1.54, 1.807) is 18.7 Å². The van der Waals surface area contributed by atoms with Crippen LogP contribution in [0.5, 0.6) is 0 Å². The molecule has 2 heterocycles. The van der Waals surface area contributed by atoms with Gasteiger partial charge in [-0.1, -0.05) is 6.92 Å². The first-order chi connectivity index (χ1) is 8.22. The molecule has 0 aliphatic rings. The molecule has 0 fully saturated rings. The van der Waals surface area contributed by atoms with Crippen molar-refractivity contribution >= 4 is 0 Å². The van der Waals surface area contributed by atoms with E-state index in [1.807, 2.05) is 11.6 Å². The number of imidazole rings is 1. The summed E-state index contributed by atoms with van der Waals surface area (Å²) in [5, 5.41) is 3.34. The summed E-state index contributed by atoms with van der Waals surface area (Å²) in [5.74, 6) is 1.47. The molecule has 0 amide bonds. The molecule has 0 radical (unpaired) electrons. The topological polar surface area (TPSA) is 55.9 Å². The Morgan fingerprint density at radius 1 is 1.47 bits per heavy atom. The Morgan fingerprint density at radius 2 is 2.29 bits per heavy atom. The summed E-state index contributed by atoms with van der Waals surface area (Å²) in [6.45, 7) is 5.15. The van der Waals surface area contributed by atoms with Gasteiger partial charge in [-0.05, 0) is 19.9 Å². The van der Waals surface area contributed by atoms with Gasteiger partial charge in [-0.15, -0.1) is 0 Å². The van der Waals surface area contributed by atoms with E-state index < -0.39 is 0 Å². The molecule has 1 atom stereocenters. The van der Waals surface area contributed by atoms with E-state index in [9.17, 15) is 0 Å². The fraction of sp³-hybridized carbons (Fsp3) is 0.500. The van der Waals surface area contributed by atoms with Gasteiger partial charge < -0.3 is 14.3 Å². The minimum atomic E-state index is 0.136. The SMILES string of the molecule is CCCNC(C)c1ncc(-c2cncn2C)o1. The maximum absolute atomic E-state index is 5.73. The largest absolute Gasteiger partial charge is 0.437 e. The average Bonchev–Trinajstić information content (AvgIpc) is 2.93. The molecule has 2 aromatic rings. The van der Waals surface area contributed by atoms with E-state index in [1.165, 1.54) is 0 Å². The molecule has 0 aliphatic carbocycles. The second kappa shape index (κ2) is 5.14. The van der Waals surface area contributed by atoms with Gasteiger partial charge >= 0.3 is 0 Å². The van der Waals surface area contributed by atoms with Gasteiger partial charge in [0.15, 0.2) is 5.76 Å². The minimum Gasteiger partial charge on any atom is -0.437 e. The average molecular weight is 234 g/mol. The van der Waals surface area contributed by atoms with Crippen molar-refractivity contribution < 1.29 is 4.42 Å². The molecule has 0 aliphatic heterocycles. The van der Waals surface area contributed by atoms with Crippen LogP contribution in [0.25, 0.3) is 11.5 Å². The highest BCUT2D eigenvalue weighted by atomic mass is 16.4. The molecule has 5 nitrogen and oxygen atoms in total. The van der Waals surface area contributed by atoms with Crippen LogP contribution >= 0.6 is 0 Å². The third kappa shape index (κ3) is 2.55. The number of nitrogens with one attached hydrogen (secondary N) is 1. The predicted octanol–water partition coefficient (Wildman–Crippen LogP) is 2.14. The van der Waals surface area contributed by atoms with E-state index in [4.69, 9.17) is 4.42 Å². The summed E-state index contributed by atoms with van der Waals surface area (Å²) in [7, 11) is 1.93. The molecular formula is C12H18N4O. The molecule has 92 valence electrons. The van der Waals surface area contributed by atoms with Gasteiger partial charge in [0.1, 0.15) is 5.69 Å². The van der Waals surface area contributed by atoms with Crippen molar-refractivity contribution in [2.75, 3.05) is 6.54 Å².